The van der Waals surface area contributed by atoms with E-state index >= 15 is 0 Å². The van der Waals surface area contributed by atoms with Crippen LogP contribution >= 0.6 is 11.3 Å². The van der Waals surface area contributed by atoms with E-state index in [0.717, 1.165) is 10.4 Å². The van der Waals surface area contributed by atoms with Gasteiger partial charge >= 0.3 is 0 Å². The van der Waals surface area contributed by atoms with Crippen molar-refractivity contribution in [2.24, 2.45) is 0 Å². The third-order valence-corrected chi connectivity index (χ3v) is 4.52. The standard InChI is InChI=1S/C20H13F2N3OS/c21-16-5-1-13(2-6-16)9-15(11-23)19(26)25-20-24-12-18(27-20)10-14-3-7-17(22)8-4-14/h1-9,12H,10H2,(H,24,25,26)/b15-9+. The number of carbonyl (C=O) groups excluding carboxylic acids is 1. The summed E-state index contributed by atoms with van der Waals surface area (Å²) >= 11 is 1.27. The van der Waals surface area contributed by atoms with Gasteiger partial charge in [0.2, 0.25) is 0 Å². The zero-order valence-electron chi connectivity index (χ0n) is 13.9. The van der Waals surface area contributed by atoms with Crippen molar-refractivity contribution >= 4 is 28.5 Å². The number of aromatic nitrogens is 1. The number of benzene rings is 2. The highest BCUT2D eigenvalue weighted by Gasteiger charge is 2.12. The summed E-state index contributed by atoms with van der Waals surface area (Å²) in [4.78, 5) is 17.3. The van der Waals surface area contributed by atoms with Crippen LogP contribution in [0.2, 0.25) is 0 Å². The van der Waals surface area contributed by atoms with Gasteiger partial charge in [-0.25, -0.2) is 13.8 Å². The van der Waals surface area contributed by atoms with Gasteiger partial charge in [-0.15, -0.1) is 11.3 Å². The fourth-order valence-corrected chi connectivity index (χ4v) is 3.13. The average molecular weight is 381 g/mol. The second kappa shape index (κ2) is 8.34. The van der Waals surface area contributed by atoms with Crippen LogP contribution in [0.1, 0.15) is 16.0 Å². The number of nitrogens with zero attached hydrogens (tertiary/aromatic N) is 2. The Morgan fingerprint density at radius 1 is 1.11 bits per heavy atom. The SMILES string of the molecule is N#C/C(=C\c1ccc(F)cc1)C(=O)Nc1ncc(Cc2ccc(F)cc2)s1. The van der Waals surface area contributed by atoms with E-state index in [-0.39, 0.29) is 11.4 Å². The van der Waals surface area contributed by atoms with Crippen molar-refractivity contribution in [3.8, 4) is 6.07 Å². The molecule has 3 aromatic rings. The van der Waals surface area contributed by atoms with E-state index in [4.69, 9.17) is 0 Å². The van der Waals surface area contributed by atoms with Gasteiger partial charge in [-0.1, -0.05) is 24.3 Å². The molecule has 3 rings (SSSR count). The van der Waals surface area contributed by atoms with Crippen molar-refractivity contribution in [2.75, 3.05) is 5.32 Å². The van der Waals surface area contributed by atoms with E-state index in [1.807, 2.05) is 6.07 Å². The van der Waals surface area contributed by atoms with E-state index in [1.165, 1.54) is 53.8 Å². The first kappa shape index (κ1) is 18.4. The smallest absolute Gasteiger partial charge is 0.268 e. The number of nitrogens with one attached hydrogen (secondary N) is 1. The molecule has 0 aliphatic rings. The van der Waals surface area contributed by atoms with Crippen LogP contribution in [0.15, 0.2) is 60.3 Å². The van der Waals surface area contributed by atoms with Gasteiger partial charge < -0.3 is 0 Å². The molecule has 1 N–H and O–H groups in total. The Morgan fingerprint density at radius 3 is 2.37 bits per heavy atom. The number of halogens is 2. The van der Waals surface area contributed by atoms with Crippen LogP contribution in [0.3, 0.4) is 0 Å². The number of nitriles is 1. The highest BCUT2D eigenvalue weighted by Crippen LogP contribution is 2.22. The molecule has 2 aromatic carbocycles. The Morgan fingerprint density at radius 2 is 1.74 bits per heavy atom. The van der Waals surface area contributed by atoms with E-state index in [2.05, 4.69) is 10.3 Å². The molecular formula is C20H13F2N3OS. The van der Waals surface area contributed by atoms with Gasteiger partial charge in [-0.05, 0) is 41.5 Å². The third-order valence-electron chi connectivity index (χ3n) is 3.61. The van der Waals surface area contributed by atoms with Crippen LogP contribution in [0.25, 0.3) is 6.08 Å². The largest absolute Gasteiger partial charge is 0.297 e. The lowest BCUT2D eigenvalue weighted by atomic mass is 10.1. The zero-order valence-corrected chi connectivity index (χ0v) is 14.8. The molecule has 0 aliphatic carbocycles. The first-order chi connectivity index (χ1) is 13.0. The Kier molecular flexibility index (Phi) is 5.69. The quantitative estimate of drug-likeness (QED) is 0.521. The number of amides is 1. The maximum atomic E-state index is 13.0. The molecule has 0 saturated heterocycles. The fourth-order valence-electron chi connectivity index (χ4n) is 2.29. The molecule has 1 amide bonds. The Hall–Kier alpha value is -3.37. The molecule has 27 heavy (non-hydrogen) atoms. The molecular weight excluding hydrogens is 368 g/mol. The molecule has 0 atom stereocenters. The minimum Gasteiger partial charge on any atom is -0.297 e. The second-order valence-electron chi connectivity index (χ2n) is 5.61. The van der Waals surface area contributed by atoms with Crippen molar-refractivity contribution in [1.29, 1.82) is 5.26 Å². The van der Waals surface area contributed by atoms with E-state index < -0.39 is 11.7 Å². The molecule has 0 radical (unpaired) electrons. The topological polar surface area (TPSA) is 65.8 Å². The molecule has 0 aliphatic heterocycles. The normalized spacial score (nSPS) is 11.1. The van der Waals surface area contributed by atoms with Gasteiger partial charge in [0.15, 0.2) is 5.13 Å². The second-order valence-corrected chi connectivity index (χ2v) is 6.73. The molecule has 1 aromatic heterocycles. The molecule has 4 nitrogen and oxygen atoms in total. The lowest BCUT2D eigenvalue weighted by Gasteiger charge is -2.00. The third kappa shape index (κ3) is 5.06. The predicted octanol–water partition coefficient (Wildman–Crippen LogP) is 4.56. The lowest BCUT2D eigenvalue weighted by Crippen LogP contribution is -2.13. The first-order valence-electron chi connectivity index (χ1n) is 7.91. The maximum absolute atomic E-state index is 13.0. The number of hydrogen-bond acceptors (Lipinski definition) is 4. The van der Waals surface area contributed by atoms with E-state index in [0.29, 0.717) is 17.1 Å². The van der Waals surface area contributed by atoms with Crippen LogP contribution in [0.4, 0.5) is 13.9 Å². The number of anilines is 1. The average Bonchev–Trinajstić information content (AvgIpc) is 3.10. The van der Waals surface area contributed by atoms with Crippen LogP contribution in [0.5, 0.6) is 0 Å². The Labute approximate surface area is 158 Å². The Balaban J connectivity index is 1.68. The summed E-state index contributed by atoms with van der Waals surface area (Å²) in [5.74, 6) is -1.29. The van der Waals surface area contributed by atoms with Gasteiger partial charge in [0, 0.05) is 17.5 Å². The summed E-state index contributed by atoms with van der Waals surface area (Å²) < 4.78 is 25.9. The number of carbonyl (C=O) groups is 1. The predicted molar refractivity (Wildman–Crippen MR) is 99.9 cm³/mol. The van der Waals surface area contributed by atoms with Crippen LogP contribution in [-0.2, 0) is 11.2 Å². The summed E-state index contributed by atoms with van der Waals surface area (Å²) in [5, 5.41) is 12.2. The van der Waals surface area contributed by atoms with Crippen molar-refractivity contribution < 1.29 is 13.6 Å². The molecule has 1 heterocycles. The number of thiazole rings is 1. The van der Waals surface area contributed by atoms with Crippen molar-refractivity contribution in [3.63, 3.8) is 0 Å². The molecule has 134 valence electrons. The van der Waals surface area contributed by atoms with Gasteiger partial charge in [-0.2, -0.15) is 5.26 Å². The highest BCUT2D eigenvalue weighted by molar-refractivity contribution is 7.15. The van der Waals surface area contributed by atoms with Gasteiger partial charge in [0.1, 0.15) is 23.3 Å². The Bertz CT molecular complexity index is 1020. The number of hydrogen-bond donors (Lipinski definition) is 1. The van der Waals surface area contributed by atoms with E-state index in [9.17, 15) is 18.8 Å². The molecule has 0 spiro atoms. The zero-order chi connectivity index (χ0) is 19.2. The fraction of sp³-hybridized carbons (Fsp3) is 0.0500. The molecule has 0 saturated carbocycles. The minimum atomic E-state index is -0.593. The van der Waals surface area contributed by atoms with E-state index in [1.54, 1.807) is 18.3 Å². The molecule has 7 heteroatoms. The van der Waals surface area contributed by atoms with Gasteiger partial charge in [0.05, 0.1) is 0 Å². The maximum Gasteiger partial charge on any atom is 0.268 e. The summed E-state index contributed by atoms with van der Waals surface area (Å²) in [6.07, 6.45) is 3.56. The van der Waals surface area contributed by atoms with Crippen molar-refractivity contribution in [1.82, 2.24) is 4.98 Å². The monoisotopic (exact) mass is 381 g/mol. The first-order valence-corrected chi connectivity index (χ1v) is 8.73. The lowest BCUT2D eigenvalue weighted by molar-refractivity contribution is -0.112. The van der Waals surface area contributed by atoms with Crippen LogP contribution in [0, 0.1) is 23.0 Å². The minimum absolute atomic E-state index is 0.114. The molecule has 0 unspecified atom stereocenters. The van der Waals surface area contributed by atoms with Crippen LogP contribution < -0.4 is 5.32 Å². The van der Waals surface area contributed by atoms with Gasteiger partial charge in [0.25, 0.3) is 5.91 Å². The number of rotatable bonds is 5. The summed E-state index contributed by atoms with van der Waals surface area (Å²) in [6.45, 7) is 0. The van der Waals surface area contributed by atoms with Crippen molar-refractivity contribution in [2.45, 2.75) is 6.42 Å². The van der Waals surface area contributed by atoms with Crippen LogP contribution in [-0.4, -0.2) is 10.9 Å². The molecule has 0 fully saturated rings. The summed E-state index contributed by atoms with van der Waals surface area (Å²) in [6, 6.07) is 13.4. The van der Waals surface area contributed by atoms with Gasteiger partial charge in [-0.3, -0.25) is 10.1 Å². The summed E-state index contributed by atoms with van der Waals surface area (Å²) in [7, 11) is 0. The molecule has 0 bridgehead atoms. The highest BCUT2D eigenvalue weighted by atomic mass is 32.1. The van der Waals surface area contributed by atoms with Crippen molar-refractivity contribution in [3.05, 3.63) is 87.9 Å². The summed E-state index contributed by atoms with van der Waals surface area (Å²) in [5.41, 5.74) is 1.35.